The molecule has 2 N–H and O–H groups in total. The van der Waals surface area contributed by atoms with Gasteiger partial charge in [0.1, 0.15) is 0 Å². The number of carbonyl (C=O) groups is 2. The monoisotopic (exact) mass is 488 g/mol. The van der Waals surface area contributed by atoms with Crippen LogP contribution in [-0.4, -0.2) is 71.3 Å². The first-order chi connectivity index (χ1) is 16.9. The Morgan fingerprint density at radius 2 is 1.80 bits per heavy atom. The minimum absolute atomic E-state index is 0.0500. The minimum atomic E-state index is -0.114. The van der Waals surface area contributed by atoms with E-state index in [0.717, 1.165) is 37.9 Å². The van der Waals surface area contributed by atoms with Gasteiger partial charge in [0.2, 0.25) is 5.91 Å². The number of carbonyl (C=O) groups excluding carboxylic acids is 2. The van der Waals surface area contributed by atoms with Gasteiger partial charge in [-0.25, -0.2) is 4.79 Å². The Hall–Kier alpha value is -2.38. The van der Waals surface area contributed by atoms with Crippen molar-refractivity contribution in [2.45, 2.75) is 72.3 Å². The highest BCUT2D eigenvalue weighted by Crippen LogP contribution is 2.18. The summed E-state index contributed by atoms with van der Waals surface area (Å²) in [5.41, 5.74) is 1.07. The number of urea groups is 1. The van der Waals surface area contributed by atoms with Crippen LogP contribution in [0, 0.1) is 5.92 Å². The highest BCUT2D eigenvalue weighted by atomic mass is 16.5. The Kier molecular flexibility index (Phi) is 15.7. The van der Waals surface area contributed by atoms with Crippen LogP contribution in [0.15, 0.2) is 43.0 Å². The van der Waals surface area contributed by atoms with Crippen LogP contribution < -0.4 is 5.32 Å². The molecule has 1 aromatic rings. The van der Waals surface area contributed by atoms with Crippen LogP contribution in [0.3, 0.4) is 0 Å². The molecule has 7 nitrogen and oxygen atoms in total. The topological polar surface area (TPSA) is 76.1 Å². The van der Waals surface area contributed by atoms with Crippen molar-refractivity contribution in [1.29, 1.82) is 0 Å². The molecule has 2 rings (SSSR count). The second kappa shape index (κ2) is 18.0. The van der Waals surface area contributed by atoms with E-state index in [1.165, 1.54) is 17.9 Å². The molecule has 2 unspecified atom stereocenters. The third-order valence-corrected chi connectivity index (χ3v) is 6.38. The first-order valence-electron chi connectivity index (χ1n) is 13.3. The van der Waals surface area contributed by atoms with Gasteiger partial charge in [-0.05, 0) is 44.6 Å². The second-order valence-corrected chi connectivity index (χ2v) is 9.14. The fraction of sp³-hybridized carbons (Fsp3) is 0.643. The lowest BCUT2D eigenvalue weighted by Gasteiger charge is -2.25. The SMILES string of the molecule is C=CCN(CCCN(O)CC)C(=O)NC(C)c1ccccc1.CCCC(CC)C(=O)N1CCCC1. The van der Waals surface area contributed by atoms with Gasteiger partial charge in [-0.1, -0.05) is 63.6 Å². The van der Waals surface area contributed by atoms with Gasteiger partial charge >= 0.3 is 6.03 Å². The van der Waals surface area contributed by atoms with E-state index in [2.05, 4.69) is 25.7 Å². The van der Waals surface area contributed by atoms with E-state index in [1.54, 1.807) is 11.0 Å². The van der Waals surface area contributed by atoms with Gasteiger partial charge in [0.05, 0.1) is 6.04 Å². The van der Waals surface area contributed by atoms with Gasteiger partial charge in [-0.15, -0.1) is 6.58 Å². The number of nitrogens with one attached hydrogen (secondary N) is 1. The van der Waals surface area contributed by atoms with Gasteiger partial charge in [0, 0.05) is 45.2 Å². The van der Waals surface area contributed by atoms with Crippen molar-refractivity contribution in [2.75, 3.05) is 39.3 Å². The summed E-state index contributed by atoms with van der Waals surface area (Å²) in [5.74, 6) is 0.699. The normalized spacial score (nSPS) is 14.6. The van der Waals surface area contributed by atoms with Crippen LogP contribution in [0.25, 0.3) is 0 Å². The third-order valence-electron chi connectivity index (χ3n) is 6.38. The predicted molar refractivity (Wildman–Crippen MR) is 143 cm³/mol. The summed E-state index contributed by atoms with van der Waals surface area (Å²) in [5, 5.41) is 13.7. The Balaban J connectivity index is 0.000000400. The number of likely N-dealkylation sites (tertiary alicyclic amines) is 1. The first kappa shape index (κ1) is 30.7. The molecule has 0 spiro atoms. The maximum Gasteiger partial charge on any atom is 0.318 e. The Morgan fingerprint density at radius 3 is 2.34 bits per heavy atom. The zero-order valence-corrected chi connectivity index (χ0v) is 22.4. The van der Waals surface area contributed by atoms with Crippen molar-refractivity contribution < 1.29 is 14.8 Å². The summed E-state index contributed by atoms with van der Waals surface area (Å²) >= 11 is 0. The summed E-state index contributed by atoms with van der Waals surface area (Å²) in [6.45, 7) is 16.0. The number of amides is 3. The maximum absolute atomic E-state index is 12.4. The van der Waals surface area contributed by atoms with Gasteiger partial charge < -0.3 is 20.3 Å². The smallest absolute Gasteiger partial charge is 0.318 e. The molecular formula is C28H48N4O3. The lowest BCUT2D eigenvalue weighted by molar-refractivity contribution is -0.134. The van der Waals surface area contributed by atoms with Crippen molar-refractivity contribution in [1.82, 2.24) is 20.2 Å². The molecule has 1 saturated heterocycles. The minimum Gasteiger partial charge on any atom is -0.342 e. The Morgan fingerprint density at radius 1 is 1.14 bits per heavy atom. The molecule has 0 saturated carbocycles. The fourth-order valence-electron chi connectivity index (χ4n) is 4.18. The number of hydroxylamine groups is 2. The zero-order chi connectivity index (χ0) is 26.1. The number of rotatable bonds is 13. The quantitative estimate of drug-likeness (QED) is 0.285. The average molecular weight is 489 g/mol. The van der Waals surface area contributed by atoms with E-state index in [4.69, 9.17) is 0 Å². The largest absolute Gasteiger partial charge is 0.342 e. The zero-order valence-electron chi connectivity index (χ0n) is 22.4. The molecule has 0 radical (unpaired) electrons. The highest BCUT2D eigenvalue weighted by Gasteiger charge is 2.24. The van der Waals surface area contributed by atoms with E-state index in [0.29, 0.717) is 44.4 Å². The summed E-state index contributed by atoms with van der Waals surface area (Å²) in [6, 6.07) is 9.70. The highest BCUT2D eigenvalue weighted by molar-refractivity contribution is 5.79. The molecule has 3 amide bonds. The summed E-state index contributed by atoms with van der Waals surface area (Å²) in [4.78, 5) is 28.0. The average Bonchev–Trinajstić information content (AvgIpc) is 3.42. The number of hydrogen-bond acceptors (Lipinski definition) is 4. The number of nitrogens with zero attached hydrogens (tertiary/aromatic N) is 3. The lowest BCUT2D eigenvalue weighted by Crippen LogP contribution is -2.42. The van der Waals surface area contributed by atoms with E-state index < -0.39 is 0 Å². The predicted octanol–water partition coefficient (Wildman–Crippen LogP) is 5.48. The van der Waals surface area contributed by atoms with Crippen LogP contribution in [0.5, 0.6) is 0 Å². The van der Waals surface area contributed by atoms with Crippen molar-refractivity contribution in [2.24, 2.45) is 5.92 Å². The molecule has 7 heteroatoms. The molecule has 1 aromatic carbocycles. The van der Waals surface area contributed by atoms with E-state index in [1.807, 2.05) is 49.1 Å². The molecule has 1 aliphatic heterocycles. The molecule has 1 fully saturated rings. The van der Waals surface area contributed by atoms with Crippen LogP contribution in [-0.2, 0) is 4.79 Å². The van der Waals surface area contributed by atoms with Crippen LogP contribution in [0.1, 0.15) is 77.8 Å². The standard InChI is InChI=1S/C17H27N3O2.C11H21NO/c1-4-12-19(13-9-14-20(22)5-2)17(21)18-15(3)16-10-7-6-8-11-16;1-3-7-10(4-2)11(13)12-8-5-6-9-12/h4,6-8,10-11,15,22H,1,5,9,12-14H2,2-3H3,(H,18,21);10H,3-9H2,1-2H3. The molecule has 1 aliphatic rings. The molecule has 35 heavy (non-hydrogen) atoms. The molecule has 0 aliphatic carbocycles. The first-order valence-corrected chi connectivity index (χ1v) is 13.3. The van der Waals surface area contributed by atoms with Crippen molar-refractivity contribution in [3.63, 3.8) is 0 Å². The van der Waals surface area contributed by atoms with Crippen molar-refractivity contribution >= 4 is 11.9 Å². The summed E-state index contributed by atoms with van der Waals surface area (Å²) in [6.07, 6.45) is 8.02. The lowest BCUT2D eigenvalue weighted by atomic mass is 9.99. The van der Waals surface area contributed by atoms with Crippen LogP contribution >= 0.6 is 0 Å². The molecule has 0 bridgehead atoms. The fourth-order valence-corrected chi connectivity index (χ4v) is 4.18. The van der Waals surface area contributed by atoms with Crippen molar-refractivity contribution in [3.05, 3.63) is 48.6 Å². The van der Waals surface area contributed by atoms with Crippen LogP contribution in [0.2, 0.25) is 0 Å². The van der Waals surface area contributed by atoms with E-state index >= 15 is 0 Å². The number of hydrogen-bond donors (Lipinski definition) is 2. The second-order valence-electron chi connectivity index (χ2n) is 9.14. The van der Waals surface area contributed by atoms with Gasteiger partial charge in [0.15, 0.2) is 0 Å². The third kappa shape index (κ3) is 11.7. The van der Waals surface area contributed by atoms with Gasteiger partial charge in [-0.3, -0.25) is 4.79 Å². The molecule has 0 aromatic heterocycles. The Bertz CT molecular complexity index is 722. The van der Waals surface area contributed by atoms with E-state index in [-0.39, 0.29) is 12.1 Å². The summed E-state index contributed by atoms with van der Waals surface area (Å²) in [7, 11) is 0. The Labute approximate surface area is 213 Å². The van der Waals surface area contributed by atoms with Gasteiger partial charge in [-0.2, -0.15) is 5.06 Å². The van der Waals surface area contributed by atoms with Crippen molar-refractivity contribution in [3.8, 4) is 0 Å². The summed E-state index contributed by atoms with van der Waals surface area (Å²) < 4.78 is 0. The molecule has 1 heterocycles. The van der Waals surface area contributed by atoms with Crippen LogP contribution in [0.4, 0.5) is 4.79 Å². The molecule has 2 atom stereocenters. The number of benzene rings is 1. The van der Waals surface area contributed by atoms with Gasteiger partial charge in [0.25, 0.3) is 0 Å². The molecular weight excluding hydrogens is 440 g/mol. The maximum atomic E-state index is 12.4. The van der Waals surface area contributed by atoms with E-state index in [9.17, 15) is 14.8 Å². The molecule has 198 valence electrons.